The van der Waals surface area contributed by atoms with Crippen LogP contribution in [0.4, 0.5) is 0 Å². The van der Waals surface area contributed by atoms with Crippen LogP contribution in [0.25, 0.3) is 0 Å². The van der Waals surface area contributed by atoms with Gasteiger partial charge in [0.25, 0.3) is 5.91 Å². The Kier molecular flexibility index (Phi) is 14.9. The normalized spacial score (nSPS) is 14.4. The summed E-state index contributed by atoms with van der Waals surface area (Å²) < 4.78 is 5.93. The van der Waals surface area contributed by atoms with Crippen molar-refractivity contribution in [1.29, 1.82) is 0 Å². The number of nitrogens with zero attached hydrogens (tertiary/aromatic N) is 1. The van der Waals surface area contributed by atoms with Gasteiger partial charge in [0.2, 0.25) is 11.8 Å². The second kappa shape index (κ2) is 18.8. The number of carbonyl (C=O) groups is 4. The summed E-state index contributed by atoms with van der Waals surface area (Å²) in [5.74, 6) is -2.64. The molecule has 3 aromatic rings. The molecule has 3 rings (SSSR count). The van der Waals surface area contributed by atoms with Crippen LogP contribution in [0.5, 0.6) is 5.75 Å². The molecule has 0 saturated carbocycles. The summed E-state index contributed by atoms with van der Waals surface area (Å²) in [6, 6.07) is 23.5. The Balaban J connectivity index is 1.92. The maximum absolute atomic E-state index is 14.1. The van der Waals surface area contributed by atoms with E-state index in [9.17, 15) is 24.3 Å². The number of ether oxygens (including phenoxy) is 1. The second-order valence-electron chi connectivity index (χ2n) is 13.1. The quantitative estimate of drug-likeness (QED) is 0.128. The number of hydrogen-bond donors (Lipinski definition) is 5. The number of benzene rings is 3. The van der Waals surface area contributed by atoms with Gasteiger partial charge < -0.3 is 26.2 Å². The van der Waals surface area contributed by atoms with Crippen LogP contribution in [0, 0.1) is 17.8 Å². The summed E-state index contributed by atoms with van der Waals surface area (Å²) in [7, 11) is 0. The highest BCUT2D eigenvalue weighted by atomic mass is 16.5. The van der Waals surface area contributed by atoms with Crippen LogP contribution < -0.4 is 26.5 Å². The Hall–Kier alpha value is -4.58. The minimum absolute atomic E-state index is 0.146. The first-order valence-electron chi connectivity index (χ1n) is 16.6. The van der Waals surface area contributed by atoms with E-state index in [0.29, 0.717) is 17.9 Å². The largest absolute Gasteiger partial charge is 0.489 e. The number of ketones is 1. The number of carbonyl (C=O) groups excluding carboxylic acids is 4. The van der Waals surface area contributed by atoms with Gasteiger partial charge in [-0.15, -0.1) is 0 Å². The maximum atomic E-state index is 14.1. The lowest BCUT2D eigenvalue weighted by Gasteiger charge is -2.35. The van der Waals surface area contributed by atoms with E-state index in [0.717, 1.165) is 11.1 Å². The average molecular weight is 674 g/mol. The van der Waals surface area contributed by atoms with Crippen molar-refractivity contribution in [2.45, 2.75) is 78.9 Å². The van der Waals surface area contributed by atoms with Crippen molar-refractivity contribution < 1.29 is 29.0 Å². The molecule has 11 heteroatoms. The minimum Gasteiger partial charge on any atom is -0.489 e. The van der Waals surface area contributed by atoms with Crippen LogP contribution in [0.3, 0.4) is 0 Å². The van der Waals surface area contributed by atoms with Crippen molar-refractivity contribution in [3.8, 4) is 5.75 Å². The molecular weight excluding hydrogens is 622 g/mol. The SMILES string of the molecule is CC(=O)N[C@H](C(=O)NN(Cc1ccc(OCc2ccccc2)cc1)C[C@H](O)C(C(=O)[C@@H](NC(C)=O)C(C)C)C(N)c1ccccc1)C(C)C. The highest BCUT2D eigenvalue weighted by Crippen LogP contribution is 2.27. The molecule has 0 fully saturated rings. The van der Waals surface area contributed by atoms with Gasteiger partial charge in [-0.1, -0.05) is 100 Å². The number of Topliss-reactive ketones (excluding diaryl/α,β-unsaturated/α-hetero) is 1. The third-order valence-electron chi connectivity index (χ3n) is 8.18. The number of aliphatic hydroxyl groups excluding tert-OH is 1. The van der Waals surface area contributed by atoms with Crippen molar-refractivity contribution in [1.82, 2.24) is 21.1 Å². The van der Waals surface area contributed by atoms with Gasteiger partial charge in [0.05, 0.1) is 18.1 Å². The van der Waals surface area contributed by atoms with E-state index in [4.69, 9.17) is 10.5 Å². The Bertz CT molecular complexity index is 1500. The molecule has 0 aromatic heterocycles. The topological polar surface area (TPSA) is 163 Å². The average Bonchev–Trinajstić information content (AvgIpc) is 3.06. The van der Waals surface area contributed by atoms with E-state index in [-0.39, 0.29) is 36.7 Å². The van der Waals surface area contributed by atoms with Crippen LogP contribution in [-0.4, -0.2) is 58.4 Å². The summed E-state index contributed by atoms with van der Waals surface area (Å²) in [5.41, 5.74) is 12.0. The molecule has 0 bridgehead atoms. The van der Waals surface area contributed by atoms with Gasteiger partial charge in [0, 0.05) is 33.0 Å². The molecule has 0 heterocycles. The van der Waals surface area contributed by atoms with Crippen LogP contribution in [-0.2, 0) is 32.3 Å². The van der Waals surface area contributed by atoms with Gasteiger partial charge in [0.1, 0.15) is 18.4 Å². The summed E-state index contributed by atoms with van der Waals surface area (Å²) in [4.78, 5) is 51.7. The first-order chi connectivity index (χ1) is 23.3. The molecule has 0 radical (unpaired) electrons. The van der Waals surface area contributed by atoms with E-state index >= 15 is 0 Å². The molecule has 49 heavy (non-hydrogen) atoms. The Morgan fingerprint density at radius 1 is 0.755 bits per heavy atom. The Morgan fingerprint density at radius 2 is 1.29 bits per heavy atom. The number of hydrazine groups is 1. The fourth-order valence-corrected chi connectivity index (χ4v) is 5.60. The van der Waals surface area contributed by atoms with Crippen molar-refractivity contribution in [2.24, 2.45) is 23.5 Å². The molecule has 0 aliphatic rings. The highest BCUT2D eigenvalue weighted by molar-refractivity contribution is 5.91. The van der Waals surface area contributed by atoms with Crippen LogP contribution in [0.15, 0.2) is 84.9 Å². The molecule has 264 valence electrons. The van der Waals surface area contributed by atoms with Gasteiger partial charge in [-0.25, -0.2) is 5.01 Å². The predicted octanol–water partition coefficient (Wildman–Crippen LogP) is 3.67. The monoisotopic (exact) mass is 673 g/mol. The standard InChI is InChI=1S/C38H51N5O6/c1-24(2)35(40-26(5)44)37(47)33(34(39)30-15-11-8-12-16-30)32(46)22-43(42-38(48)36(25(3)4)41-27(6)45)21-28-17-19-31(20-18-28)49-23-29-13-9-7-10-14-29/h7-20,24-25,32-36,46H,21-23,39H2,1-6H3,(H,40,44)(H,41,45)(H,42,48)/t32-,33?,34?,35-,36-/m0/s1. The van der Waals surface area contributed by atoms with E-state index in [1.165, 1.54) is 18.9 Å². The molecule has 2 unspecified atom stereocenters. The number of nitrogens with one attached hydrogen (secondary N) is 3. The number of hydrogen-bond acceptors (Lipinski definition) is 8. The van der Waals surface area contributed by atoms with Crippen LogP contribution in [0.2, 0.25) is 0 Å². The zero-order valence-electron chi connectivity index (χ0n) is 29.3. The summed E-state index contributed by atoms with van der Waals surface area (Å²) >= 11 is 0. The molecule has 0 spiro atoms. The third-order valence-corrected chi connectivity index (χ3v) is 8.18. The first-order valence-corrected chi connectivity index (χ1v) is 16.6. The molecular formula is C38H51N5O6. The lowest BCUT2D eigenvalue weighted by atomic mass is 9.80. The molecule has 0 aliphatic carbocycles. The van der Waals surface area contributed by atoms with Crippen molar-refractivity contribution in [3.05, 3.63) is 102 Å². The predicted molar refractivity (Wildman–Crippen MR) is 189 cm³/mol. The van der Waals surface area contributed by atoms with Crippen molar-refractivity contribution in [2.75, 3.05) is 6.54 Å². The molecule has 5 atom stereocenters. The molecule has 3 amide bonds. The fraction of sp³-hybridized carbons (Fsp3) is 0.421. The zero-order valence-corrected chi connectivity index (χ0v) is 29.3. The summed E-state index contributed by atoms with van der Waals surface area (Å²) in [6.07, 6.45) is -1.37. The summed E-state index contributed by atoms with van der Waals surface area (Å²) in [6.45, 7) is 10.3. The molecule has 3 aromatic carbocycles. The van der Waals surface area contributed by atoms with Crippen LogP contribution >= 0.6 is 0 Å². The smallest absolute Gasteiger partial charge is 0.257 e. The van der Waals surface area contributed by atoms with E-state index < -0.39 is 41.8 Å². The highest BCUT2D eigenvalue weighted by Gasteiger charge is 2.40. The van der Waals surface area contributed by atoms with Gasteiger partial charge in [-0.05, 0) is 40.7 Å². The van der Waals surface area contributed by atoms with Crippen molar-refractivity contribution >= 4 is 23.5 Å². The maximum Gasteiger partial charge on any atom is 0.257 e. The fourth-order valence-electron chi connectivity index (χ4n) is 5.60. The van der Waals surface area contributed by atoms with Gasteiger partial charge in [0.15, 0.2) is 5.78 Å². The van der Waals surface area contributed by atoms with Crippen LogP contribution in [0.1, 0.15) is 64.3 Å². The lowest BCUT2D eigenvalue weighted by molar-refractivity contribution is -0.136. The van der Waals surface area contributed by atoms with E-state index in [1.54, 1.807) is 24.3 Å². The van der Waals surface area contributed by atoms with Gasteiger partial charge in [-0.3, -0.25) is 24.6 Å². The molecule has 11 nitrogen and oxygen atoms in total. The van der Waals surface area contributed by atoms with E-state index in [1.807, 2.05) is 88.4 Å². The molecule has 0 saturated heterocycles. The molecule has 6 N–H and O–H groups in total. The van der Waals surface area contributed by atoms with E-state index in [2.05, 4.69) is 16.1 Å². The number of nitrogens with two attached hydrogens (primary N) is 1. The number of aliphatic hydroxyl groups is 1. The van der Waals surface area contributed by atoms with Crippen molar-refractivity contribution in [3.63, 3.8) is 0 Å². The minimum atomic E-state index is -1.37. The second-order valence-corrected chi connectivity index (χ2v) is 13.1. The summed E-state index contributed by atoms with van der Waals surface area (Å²) in [5, 5.41) is 18.8. The zero-order chi connectivity index (χ0) is 36.1. The number of rotatable bonds is 18. The Morgan fingerprint density at radius 3 is 1.82 bits per heavy atom. The first kappa shape index (κ1) is 38.9. The Labute approximate surface area is 289 Å². The lowest BCUT2D eigenvalue weighted by Crippen LogP contribution is -2.57. The number of amides is 3. The van der Waals surface area contributed by atoms with Gasteiger partial charge in [-0.2, -0.15) is 0 Å². The third kappa shape index (κ3) is 12.1. The molecule has 0 aliphatic heterocycles. The van der Waals surface area contributed by atoms with Gasteiger partial charge >= 0.3 is 0 Å².